The number of ether oxygens (including phenoxy) is 1. The number of aromatic nitrogens is 3. The standard InChI is InChI=1S/C26H28FN3O3/c1-14-7-18(5-6-20(14)27)30-22-10-17-12-28-29-21(17)11-19(22)23(15-8-16(9-15)25(31)32)24(30)26(2,3)13-33-4/h5-7,10-12,15-16H,8-9,13H2,1-4H3,(H,28,29)(H,31,32)/t15-,16-. The van der Waals surface area contributed by atoms with E-state index in [1.54, 1.807) is 26.3 Å². The third kappa shape index (κ3) is 3.42. The van der Waals surface area contributed by atoms with Crippen LogP contribution < -0.4 is 0 Å². The molecule has 6 nitrogen and oxygen atoms in total. The molecule has 0 atom stereocenters. The minimum absolute atomic E-state index is 0.128. The van der Waals surface area contributed by atoms with E-state index in [-0.39, 0.29) is 23.1 Å². The average Bonchev–Trinajstić information content (AvgIpc) is 3.29. The number of carboxylic acid groups (broad SMARTS) is 1. The Kier molecular flexibility index (Phi) is 5.05. The third-order valence-electron chi connectivity index (χ3n) is 7.01. The number of aryl methyl sites for hydroxylation is 1. The molecule has 5 rings (SSSR count). The maximum Gasteiger partial charge on any atom is 0.306 e. The second-order valence-corrected chi connectivity index (χ2v) is 9.88. The Balaban J connectivity index is 1.86. The molecule has 0 saturated heterocycles. The summed E-state index contributed by atoms with van der Waals surface area (Å²) in [5.74, 6) is -1.18. The van der Waals surface area contributed by atoms with Gasteiger partial charge in [-0.05, 0) is 67.1 Å². The highest BCUT2D eigenvalue weighted by Gasteiger charge is 2.41. The third-order valence-corrected chi connectivity index (χ3v) is 7.01. The fourth-order valence-electron chi connectivity index (χ4n) is 5.35. The van der Waals surface area contributed by atoms with Gasteiger partial charge in [-0.3, -0.25) is 9.89 Å². The molecule has 1 fully saturated rings. The Bertz CT molecular complexity index is 1380. The summed E-state index contributed by atoms with van der Waals surface area (Å²) in [5, 5.41) is 18.8. The fourth-order valence-corrected chi connectivity index (χ4v) is 5.35. The molecule has 172 valence electrons. The molecule has 4 aromatic rings. The van der Waals surface area contributed by atoms with Gasteiger partial charge in [-0.15, -0.1) is 0 Å². The van der Waals surface area contributed by atoms with Crippen molar-refractivity contribution in [1.82, 2.24) is 14.8 Å². The van der Waals surface area contributed by atoms with Crippen LogP contribution in [0.1, 0.15) is 49.4 Å². The molecule has 7 heteroatoms. The van der Waals surface area contributed by atoms with Crippen LogP contribution in [0.15, 0.2) is 36.5 Å². The summed E-state index contributed by atoms with van der Waals surface area (Å²) in [6.45, 7) is 6.54. The molecule has 0 unspecified atom stereocenters. The van der Waals surface area contributed by atoms with Crippen molar-refractivity contribution >= 4 is 27.8 Å². The van der Waals surface area contributed by atoms with Gasteiger partial charge >= 0.3 is 5.97 Å². The highest BCUT2D eigenvalue weighted by molar-refractivity contribution is 5.99. The number of halogens is 1. The monoisotopic (exact) mass is 449 g/mol. The van der Waals surface area contributed by atoms with E-state index in [1.807, 2.05) is 6.07 Å². The zero-order valence-corrected chi connectivity index (χ0v) is 19.3. The molecular weight excluding hydrogens is 421 g/mol. The summed E-state index contributed by atoms with van der Waals surface area (Å²) >= 11 is 0. The van der Waals surface area contributed by atoms with Crippen molar-refractivity contribution in [2.45, 2.75) is 44.9 Å². The van der Waals surface area contributed by atoms with Crippen molar-refractivity contribution in [3.05, 3.63) is 59.2 Å². The lowest BCUT2D eigenvalue weighted by molar-refractivity contribution is -0.145. The van der Waals surface area contributed by atoms with Crippen molar-refractivity contribution in [2.75, 3.05) is 13.7 Å². The molecule has 1 aliphatic rings. The van der Waals surface area contributed by atoms with Gasteiger partial charge in [0.25, 0.3) is 0 Å². The Morgan fingerprint density at radius 1 is 1.30 bits per heavy atom. The van der Waals surface area contributed by atoms with Crippen molar-refractivity contribution in [3.8, 4) is 5.69 Å². The summed E-state index contributed by atoms with van der Waals surface area (Å²) in [4.78, 5) is 11.6. The van der Waals surface area contributed by atoms with Gasteiger partial charge in [0.2, 0.25) is 0 Å². The maximum absolute atomic E-state index is 14.2. The van der Waals surface area contributed by atoms with E-state index in [2.05, 4.69) is 40.7 Å². The molecule has 0 radical (unpaired) electrons. The molecule has 2 aromatic heterocycles. The van der Waals surface area contributed by atoms with Crippen LogP contribution in [-0.4, -0.2) is 39.6 Å². The van der Waals surface area contributed by atoms with Crippen molar-refractivity contribution < 1.29 is 19.0 Å². The number of hydrogen-bond donors (Lipinski definition) is 2. The molecule has 1 saturated carbocycles. The number of carboxylic acids is 1. The van der Waals surface area contributed by atoms with E-state index in [0.29, 0.717) is 25.0 Å². The molecule has 2 N–H and O–H groups in total. The number of nitrogens with zero attached hydrogens (tertiary/aromatic N) is 2. The number of rotatable bonds is 6. The first kappa shape index (κ1) is 21.6. The van der Waals surface area contributed by atoms with Crippen LogP contribution in [0.3, 0.4) is 0 Å². The van der Waals surface area contributed by atoms with Gasteiger partial charge < -0.3 is 14.4 Å². The highest BCUT2D eigenvalue weighted by atomic mass is 19.1. The number of benzene rings is 2. The molecule has 0 bridgehead atoms. The number of fused-ring (bicyclic) bond motifs is 2. The molecule has 2 aromatic carbocycles. The van der Waals surface area contributed by atoms with Gasteiger partial charge in [0, 0.05) is 34.7 Å². The molecular formula is C26H28FN3O3. The number of methoxy groups -OCH3 is 1. The summed E-state index contributed by atoms with van der Waals surface area (Å²) in [5.41, 5.74) is 5.25. The minimum Gasteiger partial charge on any atom is -0.481 e. The topological polar surface area (TPSA) is 80.1 Å². The van der Waals surface area contributed by atoms with E-state index in [0.717, 1.165) is 38.8 Å². The predicted molar refractivity (Wildman–Crippen MR) is 126 cm³/mol. The van der Waals surface area contributed by atoms with Crippen molar-refractivity contribution in [3.63, 3.8) is 0 Å². The Labute approximate surface area is 191 Å². The average molecular weight is 450 g/mol. The number of H-pyrrole nitrogens is 1. The Morgan fingerprint density at radius 2 is 2.06 bits per heavy atom. The van der Waals surface area contributed by atoms with Crippen LogP contribution in [0, 0.1) is 18.7 Å². The molecule has 1 aliphatic carbocycles. The van der Waals surface area contributed by atoms with Crippen LogP contribution in [0.2, 0.25) is 0 Å². The van der Waals surface area contributed by atoms with Crippen LogP contribution in [-0.2, 0) is 14.9 Å². The SMILES string of the molecule is COCC(C)(C)c1c([C@H]2C[C@H](C(=O)O)C2)c2cc3[nH]ncc3cc2n1-c1ccc(F)c(C)c1. The quantitative estimate of drug-likeness (QED) is 0.410. The zero-order chi connectivity index (χ0) is 23.5. The van der Waals surface area contributed by atoms with Crippen LogP contribution in [0.4, 0.5) is 4.39 Å². The zero-order valence-electron chi connectivity index (χ0n) is 19.3. The van der Waals surface area contributed by atoms with Gasteiger partial charge in [0.05, 0.1) is 29.8 Å². The van der Waals surface area contributed by atoms with E-state index in [4.69, 9.17) is 4.74 Å². The van der Waals surface area contributed by atoms with Crippen molar-refractivity contribution in [2.24, 2.45) is 5.92 Å². The normalized spacial score (nSPS) is 18.7. The number of nitrogens with one attached hydrogen (secondary N) is 1. The van der Waals surface area contributed by atoms with Gasteiger partial charge in [-0.2, -0.15) is 5.10 Å². The van der Waals surface area contributed by atoms with Crippen LogP contribution in [0.25, 0.3) is 27.5 Å². The second-order valence-electron chi connectivity index (χ2n) is 9.88. The van der Waals surface area contributed by atoms with E-state index < -0.39 is 5.97 Å². The van der Waals surface area contributed by atoms with Crippen LogP contribution >= 0.6 is 0 Å². The second kappa shape index (κ2) is 7.70. The van der Waals surface area contributed by atoms with Gasteiger partial charge in [-0.25, -0.2) is 4.39 Å². The Hall–Kier alpha value is -3.19. The lowest BCUT2D eigenvalue weighted by atomic mass is 9.68. The Morgan fingerprint density at radius 3 is 2.73 bits per heavy atom. The van der Waals surface area contributed by atoms with E-state index in [1.165, 1.54) is 6.07 Å². The maximum atomic E-state index is 14.2. The van der Waals surface area contributed by atoms with Gasteiger partial charge in [0.1, 0.15) is 5.82 Å². The highest BCUT2D eigenvalue weighted by Crippen LogP contribution is 2.50. The minimum atomic E-state index is -0.738. The predicted octanol–water partition coefficient (Wildman–Crippen LogP) is 5.46. The molecule has 0 aliphatic heterocycles. The van der Waals surface area contributed by atoms with E-state index in [9.17, 15) is 14.3 Å². The number of aliphatic carboxylic acids is 1. The number of aromatic amines is 1. The van der Waals surface area contributed by atoms with Crippen LogP contribution in [0.5, 0.6) is 0 Å². The smallest absolute Gasteiger partial charge is 0.306 e. The lowest BCUT2D eigenvalue weighted by Gasteiger charge is -2.36. The molecule has 33 heavy (non-hydrogen) atoms. The summed E-state index contributed by atoms with van der Waals surface area (Å²) in [6.07, 6.45) is 3.01. The first-order chi connectivity index (χ1) is 15.7. The first-order valence-electron chi connectivity index (χ1n) is 11.2. The van der Waals surface area contributed by atoms with Crippen molar-refractivity contribution in [1.29, 1.82) is 0 Å². The summed E-state index contributed by atoms with van der Waals surface area (Å²) < 4.78 is 22.0. The van der Waals surface area contributed by atoms with Gasteiger partial charge in [-0.1, -0.05) is 13.8 Å². The molecule has 0 amide bonds. The molecule has 0 spiro atoms. The summed E-state index contributed by atoms with van der Waals surface area (Å²) in [6, 6.07) is 9.39. The number of carbonyl (C=O) groups is 1. The van der Waals surface area contributed by atoms with Gasteiger partial charge in [0.15, 0.2) is 0 Å². The van der Waals surface area contributed by atoms with E-state index >= 15 is 0 Å². The lowest BCUT2D eigenvalue weighted by Crippen LogP contribution is -2.33. The number of hydrogen-bond acceptors (Lipinski definition) is 3. The summed E-state index contributed by atoms with van der Waals surface area (Å²) in [7, 11) is 1.69. The molecule has 2 heterocycles. The fraction of sp³-hybridized carbons (Fsp3) is 0.385. The largest absolute Gasteiger partial charge is 0.481 e. The first-order valence-corrected chi connectivity index (χ1v) is 11.2.